The molecule has 1 heterocycles. The van der Waals surface area contributed by atoms with E-state index in [-0.39, 0.29) is 11.5 Å². The number of carbonyl (C=O) groups excluding carboxylic acids is 1. The van der Waals surface area contributed by atoms with E-state index < -0.39 is 4.92 Å². The first-order valence-corrected chi connectivity index (χ1v) is 8.13. The number of benzene rings is 2. The number of non-ortho nitro benzene ring substituents is 1. The Morgan fingerprint density at radius 2 is 1.75 bits per heavy atom. The SMILES string of the molecule is Cc1ccc(C(=O)c2cc([N+](=O)[O-])ccc2N2CCCC2)cc1C. The number of anilines is 1. The van der Waals surface area contributed by atoms with Crippen molar-refractivity contribution in [3.05, 3.63) is 68.8 Å². The fourth-order valence-electron chi connectivity index (χ4n) is 3.09. The molecule has 1 aliphatic rings. The third-order valence-electron chi connectivity index (χ3n) is 4.65. The fraction of sp³-hybridized carbons (Fsp3) is 0.316. The summed E-state index contributed by atoms with van der Waals surface area (Å²) in [6, 6.07) is 10.1. The van der Waals surface area contributed by atoms with Crippen LogP contribution in [0.2, 0.25) is 0 Å². The van der Waals surface area contributed by atoms with E-state index in [0.29, 0.717) is 11.1 Å². The molecule has 0 aromatic heterocycles. The molecule has 124 valence electrons. The summed E-state index contributed by atoms with van der Waals surface area (Å²) in [4.78, 5) is 25.8. The Balaban J connectivity index is 2.08. The first-order valence-electron chi connectivity index (χ1n) is 8.13. The summed E-state index contributed by atoms with van der Waals surface area (Å²) in [5, 5.41) is 11.1. The van der Waals surface area contributed by atoms with Crippen LogP contribution in [-0.2, 0) is 0 Å². The third-order valence-corrected chi connectivity index (χ3v) is 4.65. The molecule has 0 saturated carbocycles. The molecule has 5 heteroatoms. The van der Waals surface area contributed by atoms with Gasteiger partial charge in [-0.15, -0.1) is 0 Å². The van der Waals surface area contributed by atoms with Crippen LogP contribution >= 0.6 is 0 Å². The van der Waals surface area contributed by atoms with Crippen molar-refractivity contribution in [2.45, 2.75) is 26.7 Å². The lowest BCUT2D eigenvalue weighted by molar-refractivity contribution is -0.384. The van der Waals surface area contributed by atoms with Gasteiger partial charge >= 0.3 is 0 Å². The molecule has 1 fully saturated rings. The highest BCUT2D eigenvalue weighted by molar-refractivity contribution is 6.13. The molecule has 0 spiro atoms. The van der Waals surface area contributed by atoms with Crippen molar-refractivity contribution in [3.8, 4) is 0 Å². The van der Waals surface area contributed by atoms with Gasteiger partial charge in [0.05, 0.1) is 10.5 Å². The Kier molecular flexibility index (Phi) is 4.34. The van der Waals surface area contributed by atoms with E-state index in [2.05, 4.69) is 4.90 Å². The summed E-state index contributed by atoms with van der Waals surface area (Å²) >= 11 is 0. The van der Waals surface area contributed by atoms with E-state index in [1.165, 1.54) is 12.1 Å². The van der Waals surface area contributed by atoms with Crippen LogP contribution in [0, 0.1) is 24.0 Å². The summed E-state index contributed by atoms with van der Waals surface area (Å²) in [7, 11) is 0. The molecule has 0 N–H and O–H groups in total. The zero-order chi connectivity index (χ0) is 17.3. The second-order valence-corrected chi connectivity index (χ2v) is 6.28. The predicted octanol–water partition coefficient (Wildman–Crippen LogP) is 4.04. The molecule has 24 heavy (non-hydrogen) atoms. The highest BCUT2D eigenvalue weighted by Gasteiger charge is 2.23. The van der Waals surface area contributed by atoms with Crippen molar-refractivity contribution in [1.82, 2.24) is 0 Å². The second kappa shape index (κ2) is 6.43. The van der Waals surface area contributed by atoms with Crippen LogP contribution in [0.25, 0.3) is 0 Å². The van der Waals surface area contributed by atoms with Gasteiger partial charge in [-0.3, -0.25) is 14.9 Å². The largest absolute Gasteiger partial charge is 0.371 e. The number of nitro benzene ring substituents is 1. The molecule has 0 amide bonds. The van der Waals surface area contributed by atoms with Crippen molar-refractivity contribution in [2.24, 2.45) is 0 Å². The van der Waals surface area contributed by atoms with Gasteiger partial charge in [-0.05, 0) is 49.9 Å². The van der Waals surface area contributed by atoms with Crippen LogP contribution in [-0.4, -0.2) is 23.8 Å². The lowest BCUT2D eigenvalue weighted by atomic mass is 9.97. The van der Waals surface area contributed by atoms with E-state index in [0.717, 1.165) is 42.7 Å². The molecule has 0 unspecified atom stereocenters. The minimum absolute atomic E-state index is 0.0508. The normalized spacial score (nSPS) is 14.0. The van der Waals surface area contributed by atoms with Crippen molar-refractivity contribution in [3.63, 3.8) is 0 Å². The van der Waals surface area contributed by atoms with Gasteiger partial charge in [-0.25, -0.2) is 0 Å². The number of nitro groups is 1. The number of rotatable bonds is 4. The zero-order valence-corrected chi connectivity index (χ0v) is 13.9. The Hall–Kier alpha value is -2.69. The van der Waals surface area contributed by atoms with Crippen LogP contribution in [0.5, 0.6) is 0 Å². The summed E-state index contributed by atoms with van der Waals surface area (Å²) < 4.78 is 0. The minimum Gasteiger partial charge on any atom is -0.371 e. The van der Waals surface area contributed by atoms with Crippen molar-refractivity contribution >= 4 is 17.2 Å². The molecule has 1 aliphatic heterocycles. The topological polar surface area (TPSA) is 63.4 Å². The van der Waals surface area contributed by atoms with Crippen LogP contribution in [0.15, 0.2) is 36.4 Å². The average Bonchev–Trinajstić information content (AvgIpc) is 3.10. The van der Waals surface area contributed by atoms with Crippen molar-refractivity contribution in [1.29, 1.82) is 0 Å². The van der Waals surface area contributed by atoms with Crippen molar-refractivity contribution in [2.75, 3.05) is 18.0 Å². The Labute approximate surface area is 141 Å². The molecule has 0 radical (unpaired) electrons. The second-order valence-electron chi connectivity index (χ2n) is 6.28. The van der Waals surface area contributed by atoms with Crippen LogP contribution in [0.1, 0.15) is 39.9 Å². The number of hydrogen-bond donors (Lipinski definition) is 0. The Bertz CT molecular complexity index is 808. The zero-order valence-electron chi connectivity index (χ0n) is 13.9. The third kappa shape index (κ3) is 3.02. The Morgan fingerprint density at radius 3 is 2.38 bits per heavy atom. The quantitative estimate of drug-likeness (QED) is 0.484. The molecule has 0 atom stereocenters. The molecule has 2 aromatic carbocycles. The van der Waals surface area contributed by atoms with Gasteiger partial charge in [0.2, 0.25) is 0 Å². The molecule has 0 bridgehead atoms. The highest BCUT2D eigenvalue weighted by Crippen LogP contribution is 2.30. The van der Waals surface area contributed by atoms with Crippen LogP contribution in [0.4, 0.5) is 11.4 Å². The van der Waals surface area contributed by atoms with E-state index in [1.807, 2.05) is 26.0 Å². The molecular formula is C19H20N2O3. The van der Waals surface area contributed by atoms with Crippen LogP contribution in [0.3, 0.4) is 0 Å². The number of nitrogens with zero attached hydrogens (tertiary/aromatic N) is 2. The van der Waals surface area contributed by atoms with Gasteiger partial charge < -0.3 is 4.90 Å². The first-order chi connectivity index (χ1) is 11.5. The minimum atomic E-state index is -0.453. The molecule has 3 rings (SSSR count). The lowest BCUT2D eigenvalue weighted by Gasteiger charge is -2.20. The highest BCUT2D eigenvalue weighted by atomic mass is 16.6. The Morgan fingerprint density at radius 1 is 1.04 bits per heavy atom. The maximum atomic E-state index is 13.0. The summed E-state index contributed by atoms with van der Waals surface area (Å²) in [5.41, 5.74) is 3.87. The smallest absolute Gasteiger partial charge is 0.270 e. The van der Waals surface area contributed by atoms with Crippen LogP contribution < -0.4 is 4.90 Å². The summed E-state index contributed by atoms with van der Waals surface area (Å²) in [6.45, 7) is 5.71. The molecule has 2 aromatic rings. The van der Waals surface area contributed by atoms with E-state index in [9.17, 15) is 14.9 Å². The van der Waals surface area contributed by atoms with Gasteiger partial charge in [0, 0.05) is 36.5 Å². The molecular weight excluding hydrogens is 304 g/mol. The fourth-order valence-corrected chi connectivity index (χ4v) is 3.09. The van der Waals surface area contributed by atoms with E-state index in [1.54, 1.807) is 12.1 Å². The average molecular weight is 324 g/mol. The van der Waals surface area contributed by atoms with Gasteiger partial charge in [0.25, 0.3) is 5.69 Å². The van der Waals surface area contributed by atoms with Crippen molar-refractivity contribution < 1.29 is 9.72 Å². The summed E-state index contributed by atoms with van der Waals surface area (Å²) in [5.74, 6) is -0.163. The first kappa shape index (κ1) is 16.2. The van der Waals surface area contributed by atoms with E-state index >= 15 is 0 Å². The van der Waals surface area contributed by atoms with Gasteiger partial charge in [-0.1, -0.05) is 12.1 Å². The molecule has 0 aliphatic carbocycles. The maximum absolute atomic E-state index is 13.0. The standard InChI is InChI=1S/C19H20N2O3/c1-13-5-6-15(11-14(13)2)19(22)17-12-16(21(23)24)7-8-18(17)20-9-3-4-10-20/h5-8,11-12H,3-4,9-10H2,1-2H3. The number of ketones is 1. The number of hydrogen-bond acceptors (Lipinski definition) is 4. The van der Waals surface area contributed by atoms with Gasteiger partial charge in [0.1, 0.15) is 0 Å². The number of carbonyl (C=O) groups is 1. The lowest BCUT2D eigenvalue weighted by Crippen LogP contribution is -2.21. The predicted molar refractivity (Wildman–Crippen MR) is 93.9 cm³/mol. The monoisotopic (exact) mass is 324 g/mol. The maximum Gasteiger partial charge on any atom is 0.270 e. The van der Waals surface area contributed by atoms with Gasteiger partial charge in [-0.2, -0.15) is 0 Å². The molecule has 1 saturated heterocycles. The van der Waals surface area contributed by atoms with Gasteiger partial charge in [0.15, 0.2) is 5.78 Å². The van der Waals surface area contributed by atoms with E-state index in [4.69, 9.17) is 0 Å². The summed E-state index contributed by atoms with van der Waals surface area (Å²) in [6.07, 6.45) is 2.16. The molecule has 5 nitrogen and oxygen atoms in total. The number of aryl methyl sites for hydroxylation is 2.